The first kappa shape index (κ1) is 34.5. The maximum absolute atomic E-state index is 6.11. The van der Waals surface area contributed by atoms with Crippen molar-refractivity contribution in [2.24, 2.45) is 0 Å². The van der Waals surface area contributed by atoms with E-state index in [2.05, 4.69) is 204 Å². The van der Waals surface area contributed by atoms with Crippen molar-refractivity contribution in [2.45, 2.75) is 25.7 Å². The van der Waals surface area contributed by atoms with E-state index in [1.807, 2.05) is 6.08 Å². The topological polar surface area (TPSA) is 15.7 Å². The summed E-state index contributed by atoms with van der Waals surface area (Å²) in [5.74, 6) is 0.894. The lowest BCUT2D eigenvalue weighted by atomic mass is 10.0. The summed E-state index contributed by atoms with van der Waals surface area (Å²) in [6.45, 7) is 4.54. The van der Waals surface area contributed by atoms with Crippen LogP contribution in [0.4, 0.5) is 34.1 Å². The monoisotopic (exact) mass is 700 g/mol. The molecule has 0 saturated heterocycles. The van der Waals surface area contributed by atoms with Gasteiger partial charge in [0.05, 0.1) is 18.0 Å². The van der Waals surface area contributed by atoms with Crippen LogP contribution in [0.2, 0.25) is 0 Å². The van der Waals surface area contributed by atoms with E-state index in [4.69, 9.17) is 4.74 Å². The Morgan fingerprint density at radius 2 is 0.852 bits per heavy atom. The Bertz CT molecular complexity index is 2440. The van der Waals surface area contributed by atoms with Crippen LogP contribution in [0.1, 0.15) is 25.7 Å². The molecule has 0 saturated carbocycles. The lowest BCUT2D eigenvalue weighted by Gasteiger charge is -2.27. The number of anilines is 6. The number of hydrogen-bond acceptors (Lipinski definition) is 3. The van der Waals surface area contributed by atoms with Crippen molar-refractivity contribution in [3.63, 3.8) is 0 Å². The van der Waals surface area contributed by atoms with Crippen LogP contribution in [-0.2, 0) is 0 Å². The number of para-hydroxylation sites is 1. The molecule has 54 heavy (non-hydrogen) atoms. The van der Waals surface area contributed by atoms with E-state index in [9.17, 15) is 0 Å². The van der Waals surface area contributed by atoms with Gasteiger partial charge in [-0.05, 0) is 120 Å². The summed E-state index contributed by atoms with van der Waals surface area (Å²) in [7, 11) is 0. The Morgan fingerprint density at radius 3 is 1.37 bits per heavy atom. The zero-order valence-corrected chi connectivity index (χ0v) is 30.5. The van der Waals surface area contributed by atoms with Crippen LogP contribution >= 0.6 is 0 Å². The zero-order valence-electron chi connectivity index (χ0n) is 30.5. The number of benzene rings is 8. The van der Waals surface area contributed by atoms with Crippen molar-refractivity contribution in [2.75, 3.05) is 16.4 Å². The molecule has 0 atom stereocenters. The van der Waals surface area contributed by atoms with E-state index in [1.54, 1.807) is 0 Å². The van der Waals surface area contributed by atoms with Crippen LogP contribution < -0.4 is 14.5 Å². The van der Waals surface area contributed by atoms with Gasteiger partial charge in [-0.3, -0.25) is 0 Å². The number of fused-ring (bicyclic) bond motifs is 2. The van der Waals surface area contributed by atoms with Gasteiger partial charge in [0, 0.05) is 33.5 Å². The predicted octanol–water partition coefficient (Wildman–Crippen LogP) is 14.7. The molecule has 0 bridgehead atoms. The Hall–Kier alpha value is -6.58. The lowest BCUT2D eigenvalue weighted by molar-refractivity contribution is 0.305. The van der Waals surface area contributed by atoms with E-state index in [0.29, 0.717) is 0 Å². The molecule has 3 nitrogen and oxygen atoms in total. The van der Waals surface area contributed by atoms with Gasteiger partial charge in [0.1, 0.15) is 5.75 Å². The van der Waals surface area contributed by atoms with Gasteiger partial charge in [0.2, 0.25) is 0 Å². The molecule has 0 aliphatic carbocycles. The Morgan fingerprint density at radius 1 is 0.407 bits per heavy atom. The molecule has 3 heteroatoms. The van der Waals surface area contributed by atoms with E-state index in [0.717, 1.165) is 77.7 Å². The van der Waals surface area contributed by atoms with Gasteiger partial charge in [-0.1, -0.05) is 121 Å². The van der Waals surface area contributed by atoms with E-state index >= 15 is 0 Å². The van der Waals surface area contributed by atoms with Gasteiger partial charge in [0.25, 0.3) is 0 Å². The van der Waals surface area contributed by atoms with Crippen molar-refractivity contribution < 1.29 is 4.74 Å². The van der Waals surface area contributed by atoms with E-state index < -0.39 is 0 Å². The number of unbranched alkanes of at least 4 members (excludes halogenated alkanes) is 3. The summed E-state index contributed by atoms with van der Waals surface area (Å²) in [5, 5.41) is 4.85. The van der Waals surface area contributed by atoms with Crippen LogP contribution in [0.5, 0.6) is 5.75 Å². The summed E-state index contributed by atoms with van der Waals surface area (Å²) in [5.41, 5.74) is 9.03. The van der Waals surface area contributed by atoms with Gasteiger partial charge in [-0.15, -0.1) is 6.58 Å². The zero-order chi connectivity index (χ0) is 36.5. The maximum atomic E-state index is 6.11. The summed E-state index contributed by atoms with van der Waals surface area (Å²) in [4.78, 5) is 4.69. The molecule has 8 rings (SSSR count). The minimum Gasteiger partial charge on any atom is -0.494 e. The summed E-state index contributed by atoms with van der Waals surface area (Å²) >= 11 is 0. The highest BCUT2D eigenvalue weighted by Crippen LogP contribution is 2.42. The average molecular weight is 701 g/mol. The summed E-state index contributed by atoms with van der Waals surface area (Å²) in [6, 6.07) is 67.1. The normalized spacial score (nSPS) is 11.0. The minimum absolute atomic E-state index is 0.722. The molecule has 0 aliphatic heterocycles. The number of hydrogen-bond donors (Lipinski definition) is 0. The molecule has 0 radical (unpaired) electrons. The molecule has 0 heterocycles. The van der Waals surface area contributed by atoms with Crippen molar-refractivity contribution in [3.05, 3.63) is 201 Å². The van der Waals surface area contributed by atoms with Gasteiger partial charge in [-0.2, -0.15) is 0 Å². The van der Waals surface area contributed by atoms with Crippen molar-refractivity contribution in [3.8, 4) is 16.9 Å². The third kappa shape index (κ3) is 7.49. The Labute approximate surface area is 319 Å². The second-order valence-electron chi connectivity index (χ2n) is 13.6. The molecule has 0 N–H and O–H groups in total. The van der Waals surface area contributed by atoms with Crippen LogP contribution in [0.3, 0.4) is 0 Å². The fourth-order valence-corrected chi connectivity index (χ4v) is 7.29. The molecule has 0 spiro atoms. The smallest absolute Gasteiger partial charge is 0.119 e. The third-order valence-corrected chi connectivity index (χ3v) is 10.0. The van der Waals surface area contributed by atoms with Crippen molar-refractivity contribution in [1.29, 1.82) is 0 Å². The third-order valence-electron chi connectivity index (χ3n) is 10.0. The molecule has 0 aliphatic rings. The van der Waals surface area contributed by atoms with E-state index in [1.165, 1.54) is 27.1 Å². The van der Waals surface area contributed by atoms with E-state index in [-0.39, 0.29) is 0 Å². The second-order valence-corrected chi connectivity index (χ2v) is 13.6. The summed E-state index contributed by atoms with van der Waals surface area (Å²) < 4.78 is 6.11. The fraction of sp³-hybridized carbons (Fsp3) is 0.0980. The highest BCUT2D eigenvalue weighted by Gasteiger charge is 2.17. The van der Waals surface area contributed by atoms with Crippen LogP contribution in [0.25, 0.3) is 32.7 Å². The lowest BCUT2D eigenvalue weighted by Crippen LogP contribution is -2.10. The predicted molar refractivity (Wildman–Crippen MR) is 230 cm³/mol. The van der Waals surface area contributed by atoms with Crippen LogP contribution in [0, 0.1) is 0 Å². The van der Waals surface area contributed by atoms with Gasteiger partial charge in [-0.25, -0.2) is 0 Å². The van der Waals surface area contributed by atoms with Crippen molar-refractivity contribution >= 4 is 55.7 Å². The SMILES string of the molecule is C=CCCCCCOc1ccc(N(c2ccc(-c3ccc(N(c4ccccc4)c4cccc5ccccc45)cc3)cc2)c2cccc3ccccc23)cc1. The average Bonchev–Trinajstić information content (AvgIpc) is 3.24. The number of rotatable bonds is 14. The molecular weight excluding hydrogens is 657 g/mol. The molecular formula is C51H44N2O. The number of allylic oxidation sites excluding steroid dienone is 1. The molecule has 264 valence electrons. The van der Waals surface area contributed by atoms with Gasteiger partial charge < -0.3 is 14.5 Å². The largest absolute Gasteiger partial charge is 0.494 e. The molecule has 0 aromatic heterocycles. The Kier molecular flexibility index (Phi) is 10.5. The molecule has 0 unspecified atom stereocenters. The second kappa shape index (κ2) is 16.4. The van der Waals surface area contributed by atoms with Gasteiger partial charge >= 0.3 is 0 Å². The van der Waals surface area contributed by atoms with Crippen LogP contribution in [0.15, 0.2) is 201 Å². The highest BCUT2D eigenvalue weighted by molar-refractivity contribution is 6.00. The first-order chi connectivity index (χ1) is 26.8. The van der Waals surface area contributed by atoms with Gasteiger partial charge in [0.15, 0.2) is 0 Å². The summed E-state index contributed by atoms with van der Waals surface area (Å²) in [6.07, 6.45) is 6.40. The fourth-order valence-electron chi connectivity index (χ4n) is 7.29. The number of ether oxygens (including phenoxy) is 1. The first-order valence-corrected chi connectivity index (χ1v) is 18.9. The maximum Gasteiger partial charge on any atom is 0.119 e. The minimum atomic E-state index is 0.722. The Balaban J connectivity index is 1.09. The molecule has 0 amide bonds. The first-order valence-electron chi connectivity index (χ1n) is 18.9. The highest BCUT2D eigenvalue weighted by atomic mass is 16.5. The quantitative estimate of drug-likeness (QED) is 0.0830. The molecule has 8 aromatic carbocycles. The molecule has 0 fully saturated rings. The number of nitrogens with zero attached hydrogens (tertiary/aromatic N) is 2. The van der Waals surface area contributed by atoms with Crippen LogP contribution in [-0.4, -0.2) is 6.61 Å². The standard InChI is InChI=1S/C51H44N2O/c1-2-3-4-5-13-38-54-47-36-34-46(35-37-47)53(51-25-15-19-42-17-10-12-23-49(42)51)45-32-28-40(29-33-45)39-26-30-44(31-27-39)52(43-20-7-6-8-21-43)50-24-14-18-41-16-9-11-22-48(41)50/h2,6-12,14-37H,1,3-5,13,38H2. The molecule has 8 aromatic rings. The van der Waals surface area contributed by atoms with Crippen molar-refractivity contribution in [1.82, 2.24) is 0 Å².